The van der Waals surface area contributed by atoms with Crippen LogP contribution in [-0.2, 0) is 9.53 Å². The fraction of sp³-hybridized carbons (Fsp3) is 0.562. The lowest BCUT2D eigenvalue weighted by molar-refractivity contribution is -0.384. The molecule has 7 heteroatoms. The second kappa shape index (κ2) is 7.41. The molecule has 2 N–H and O–H groups in total. The largest absolute Gasteiger partial charge is 0.506 e. The van der Waals surface area contributed by atoms with Gasteiger partial charge in [-0.15, -0.1) is 0 Å². The number of phenolic OH excluding ortho intramolecular Hbond substituents is 1. The maximum absolute atomic E-state index is 12.2. The number of carbonyl (C=O) groups is 1. The average molecular weight is 322 g/mol. The van der Waals surface area contributed by atoms with Crippen molar-refractivity contribution < 1.29 is 19.6 Å². The van der Waals surface area contributed by atoms with Crippen LogP contribution in [0.4, 0.5) is 11.4 Å². The summed E-state index contributed by atoms with van der Waals surface area (Å²) in [6, 6.07) is 3.49. The van der Waals surface area contributed by atoms with Gasteiger partial charge in [-0.05, 0) is 31.7 Å². The van der Waals surface area contributed by atoms with Gasteiger partial charge >= 0.3 is 0 Å². The van der Waals surface area contributed by atoms with E-state index in [1.807, 2.05) is 0 Å². The molecule has 0 saturated heterocycles. The molecule has 2 rings (SSSR count). The van der Waals surface area contributed by atoms with Crippen molar-refractivity contribution in [2.24, 2.45) is 5.92 Å². The molecule has 1 saturated carbocycles. The number of anilines is 1. The van der Waals surface area contributed by atoms with Crippen LogP contribution in [0.25, 0.3) is 0 Å². The SMILES string of the molecule is C[C@@H]1CCC[C@@H](O[C@H](C)C(=O)Nc2cc([N+](=O)[O-])ccc2O)C1. The van der Waals surface area contributed by atoms with Gasteiger partial charge in [0.15, 0.2) is 0 Å². The van der Waals surface area contributed by atoms with Gasteiger partial charge in [0, 0.05) is 12.1 Å². The van der Waals surface area contributed by atoms with Crippen LogP contribution in [0.1, 0.15) is 39.5 Å². The number of hydrogen-bond acceptors (Lipinski definition) is 5. The Balaban J connectivity index is 1.98. The highest BCUT2D eigenvalue weighted by Crippen LogP contribution is 2.29. The highest BCUT2D eigenvalue weighted by atomic mass is 16.6. The Morgan fingerprint density at radius 3 is 2.87 bits per heavy atom. The molecule has 0 radical (unpaired) electrons. The molecular weight excluding hydrogens is 300 g/mol. The van der Waals surface area contributed by atoms with Crippen molar-refractivity contribution >= 4 is 17.3 Å². The summed E-state index contributed by atoms with van der Waals surface area (Å²) >= 11 is 0. The molecule has 1 fully saturated rings. The summed E-state index contributed by atoms with van der Waals surface area (Å²) in [6.07, 6.45) is 3.50. The summed E-state index contributed by atoms with van der Waals surface area (Å²) in [7, 11) is 0. The summed E-state index contributed by atoms with van der Waals surface area (Å²) in [5, 5.41) is 23.0. The first-order chi connectivity index (χ1) is 10.9. The Bertz CT molecular complexity index is 590. The predicted molar refractivity (Wildman–Crippen MR) is 85.4 cm³/mol. The number of rotatable bonds is 5. The lowest BCUT2D eigenvalue weighted by Gasteiger charge is -2.29. The lowest BCUT2D eigenvalue weighted by Crippen LogP contribution is -2.33. The topological polar surface area (TPSA) is 102 Å². The Morgan fingerprint density at radius 2 is 2.22 bits per heavy atom. The maximum atomic E-state index is 12.2. The molecule has 7 nitrogen and oxygen atoms in total. The van der Waals surface area contributed by atoms with E-state index in [4.69, 9.17) is 4.74 Å². The zero-order valence-electron chi connectivity index (χ0n) is 13.3. The second-order valence-corrected chi connectivity index (χ2v) is 6.12. The Labute approximate surface area is 134 Å². The van der Waals surface area contributed by atoms with Crippen LogP contribution >= 0.6 is 0 Å². The van der Waals surface area contributed by atoms with E-state index in [9.17, 15) is 20.0 Å². The van der Waals surface area contributed by atoms with E-state index in [2.05, 4.69) is 12.2 Å². The summed E-state index contributed by atoms with van der Waals surface area (Å²) in [4.78, 5) is 22.4. The van der Waals surface area contributed by atoms with Crippen molar-refractivity contribution in [2.75, 3.05) is 5.32 Å². The highest BCUT2D eigenvalue weighted by Gasteiger charge is 2.24. The first kappa shape index (κ1) is 17.2. The van der Waals surface area contributed by atoms with Crippen LogP contribution in [0.2, 0.25) is 0 Å². The Hall–Kier alpha value is -2.15. The quantitative estimate of drug-likeness (QED) is 0.492. The number of carbonyl (C=O) groups excluding carboxylic acids is 1. The van der Waals surface area contributed by atoms with Crippen molar-refractivity contribution in [1.29, 1.82) is 0 Å². The number of nitro groups is 1. The molecule has 1 aliphatic carbocycles. The molecule has 1 amide bonds. The summed E-state index contributed by atoms with van der Waals surface area (Å²) in [6.45, 7) is 3.81. The molecule has 0 heterocycles. The molecule has 1 aliphatic rings. The molecular formula is C16H22N2O5. The van der Waals surface area contributed by atoms with Crippen LogP contribution in [0.5, 0.6) is 5.75 Å². The van der Waals surface area contributed by atoms with Crippen LogP contribution in [0.15, 0.2) is 18.2 Å². The zero-order valence-corrected chi connectivity index (χ0v) is 13.3. The first-order valence-corrected chi connectivity index (χ1v) is 7.80. The van der Waals surface area contributed by atoms with Crippen molar-refractivity contribution in [3.05, 3.63) is 28.3 Å². The molecule has 0 bridgehead atoms. The third-order valence-electron chi connectivity index (χ3n) is 4.10. The van der Waals surface area contributed by atoms with Crippen LogP contribution in [0, 0.1) is 16.0 Å². The number of benzene rings is 1. The van der Waals surface area contributed by atoms with Gasteiger partial charge in [0.25, 0.3) is 11.6 Å². The third kappa shape index (κ3) is 4.66. The van der Waals surface area contributed by atoms with Crippen LogP contribution in [-0.4, -0.2) is 28.1 Å². The molecule has 1 aromatic rings. The van der Waals surface area contributed by atoms with E-state index in [1.165, 1.54) is 18.6 Å². The molecule has 0 aromatic heterocycles. The van der Waals surface area contributed by atoms with Crippen LogP contribution in [0.3, 0.4) is 0 Å². The molecule has 1 aromatic carbocycles. The maximum Gasteiger partial charge on any atom is 0.271 e. The van der Waals surface area contributed by atoms with E-state index < -0.39 is 16.9 Å². The van der Waals surface area contributed by atoms with Gasteiger partial charge in [-0.2, -0.15) is 0 Å². The standard InChI is InChI=1S/C16H22N2O5/c1-10-4-3-5-13(8-10)23-11(2)16(20)17-14-9-12(18(21)22)6-7-15(14)19/h6-7,9-11,13,19H,3-5,8H2,1-2H3,(H,17,20)/t10-,11-,13-/m1/s1. The number of aromatic hydroxyl groups is 1. The van der Waals surface area contributed by atoms with Gasteiger partial charge in [0.1, 0.15) is 11.9 Å². The monoisotopic (exact) mass is 322 g/mol. The van der Waals surface area contributed by atoms with Crippen molar-refractivity contribution in [2.45, 2.75) is 51.7 Å². The fourth-order valence-corrected chi connectivity index (χ4v) is 2.82. The molecule has 126 valence electrons. The fourth-order valence-electron chi connectivity index (χ4n) is 2.82. The Kier molecular flexibility index (Phi) is 5.54. The number of hydrogen-bond donors (Lipinski definition) is 2. The summed E-state index contributed by atoms with van der Waals surface area (Å²) < 4.78 is 5.79. The van der Waals surface area contributed by atoms with E-state index in [0.29, 0.717) is 5.92 Å². The van der Waals surface area contributed by atoms with Gasteiger partial charge in [-0.3, -0.25) is 14.9 Å². The number of nitro benzene ring substituents is 1. The highest BCUT2D eigenvalue weighted by molar-refractivity contribution is 5.95. The van der Waals surface area contributed by atoms with Gasteiger partial charge in [0.2, 0.25) is 0 Å². The minimum atomic E-state index is -0.691. The van der Waals surface area contributed by atoms with E-state index >= 15 is 0 Å². The van der Waals surface area contributed by atoms with Gasteiger partial charge < -0.3 is 15.2 Å². The van der Waals surface area contributed by atoms with E-state index in [1.54, 1.807) is 6.92 Å². The van der Waals surface area contributed by atoms with Gasteiger partial charge in [-0.1, -0.05) is 19.8 Å². The molecule has 3 atom stereocenters. The zero-order chi connectivity index (χ0) is 17.0. The number of non-ortho nitro benzene ring substituents is 1. The minimum absolute atomic E-state index is 0.0108. The van der Waals surface area contributed by atoms with Crippen LogP contribution < -0.4 is 5.32 Å². The smallest absolute Gasteiger partial charge is 0.271 e. The summed E-state index contributed by atoms with van der Waals surface area (Å²) in [5.41, 5.74) is -0.190. The van der Waals surface area contributed by atoms with Gasteiger partial charge in [-0.25, -0.2) is 0 Å². The van der Waals surface area contributed by atoms with Crippen molar-refractivity contribution in [1.82, 2.24) is 0 Å². The lowest BCUT2D eigenvalue weighted by atomic mass is 9.88. The van der Waals surface area contributed by atoms with Crippen molar-refractivity contribution in [3.8, 4) is 5.75 Å². The minimum Gasteiger partial charge on any atom is -0.506 e. The number of nitrogens with zero attached hydrogens (tertiary/aromatic N) is 1. The number of phenols is 1. The number of nitrogens with one attached hydrogen (secondary N) is 1. The normalized spacial score (nSPS) is 22.3. The second-order valence-electron chi connectivity index (χ2n) is 6.12. The summed E-state index contributed by atoms with van der Waals surface area (Å²) in [5.74, 6) is -0.0636. The van der Waals surface area contributed by atoms with Crippen molar-refractivity contribution in [3.63, 3.8) is 0 Å². The molecule has 0 aliphatic heterocycles. The predicted octanol–water partition coefficient (Wildman–Crippen LogP) is 3.22. The molecule has 23 heavy (non-hydrogen) atoms. The van der Waals surface area contributed by atoms with E-state index in [-0.39, 0.29) is 23.2 Å². The van der Waals surface area contributed by atoms with Gasteiger partial charge in [0.05, 0.1) is 16.7 Å². The van der Waals surface area contributed by atoms with E-state index in [0.717, 1.165) is 25.3 Å². The molecule has 0 spiro atoms. The Morgan fingerprint density at radius 1 is 1.48 bits per heavy atom. The number of ether oxygens (including phenoxy) is 1. The number of amides is 1. The molecule has 0 unspecified atom stereocenters. The average Bonchev–Trinajstić information content (AvgIpc) is 2.49. The third-order valence-corrected chi connectivity index (χ3v) is 4.10. The first-order valence-electron chi connectivity index (χ1n) is 7.80.